The van der Waals surface area contributed by atoms with E-state index in [-0.39, 0.29) is 11.9 Å². The van der Waals surface area contributed by atoms with E-state index >= 15 is 0 Å². The molecule has 2 aromatic heterocycles. The molecule has 0 bridgehead atoms. The summed E-state index contributed by atoms with van der Waals surface area (Å²) >= 11 is 3.19. The normalized spacial score (nSPS) is 17.4. The first kappa shape index (κ1) is 14.3. The summed E-state index contributed by atoms with van der Waals surface area (Å²) in [6, 6.07) is 5.19. The number of nitrogens with zero attached hydrogens (tertiary/aromatic N) is 1. The van der Waals surface area contributed by atoms with Crippen LogP contribution in [0.15, 0.2) is 29.0 Å². The van der Waals surface area contributed by atoms with Crippen molar-refractivity contribution in [2.45, 2.75) is 18.9 Å². The summed E-state index contributed by atoms with van der Waals surface area (Å²) in [4.78, 5) is 28.5. The smallest absolute Gasteiger partial charge is 0.333 e. The Kier molecular flexibility index (Phi) is 4.07. The first-order valence-corrected chi connectivity index (χ1v) is 8.42. The largest absolute Gasteiger partial charge is 0.467 e. The predicted molar refractivity (Wildman–Crippen MR) is 82.5 cm³/mol. The van der Waals surface area contributed by atoms with Gasteiger partial charge in [-0.15, -0.1) is 22.7 Å². The molecule has 0 spiro atoms. The molecule has 3 heterocycles. The minimum atomic E-state index is -0.600. The molecule has 0 N–H and O–H groups in total. The fourth-order valence-electron chi connectivity index (χ4n) is 2.61. The molecule has 21 heavy (non-hydrogen) atoms. The average Bonchev–Trinajstić information content (AvgIpc) is 3.15. The van der Waals surface area contributed by atoms with E-state index in [4.69, 9.17) is 4.74 Å². The zero-order valence-corrected chi connectivity index (χ0v) is 13.2. The van der Waals surface area contributed by atoms with E-state index in [0.717, 1.165) is 16.9 Å². The molecule has 4 nitrogen and oxygen atoms in total. The quantitative estimate of drug-likeness (QED) is 0.817. The van der Waals surface area contributed by atoms with Gasteiger partial charge in [-0.25, -0.2) is 4.79 Å². The molecule has 0 radical (unpaired) electrons. The van der Waals surface area contributed by atoms with Crippen LogP contribution in [-0.4, -0.2) is 30.4 Å². The Morgan fingerprint density at radius 1 is 1.33 bits per heavy atom. The van der Waals surface area contributed by atoms with Crippen LogP contribution in [0.1, 0.15) is 21.4 Å². The molecule has 1 unspecified atom stereocenters. The summed E-state index contributed by atoms with van der Waals surface area (Å²) in [7, 11) is 1.37. The highest BCUT2D eigenvalue weighted by atomic mass is 32.1. The van der Waals surface area contributed by atoms with Crippen LogP contribution < -0.4 is 0 Å². The molecule has 110 valence electrons. The Bertz CT molecular complexity index is 648. The molecule has 0 fully saturated rings. The van der Waals surface area contributed by atoms with Crippen molar-refractivity contribution in [3.8, 4) is 0 Å². The van der Waals surface area contributed by atoms with E-state index in [0.29, 0.717) is 13.0 Å². The highest BCUT2D eigenvalue weighted by molar-refractivity contribution is 7.10. The van der Waals surface area contributed by atoms with Crippen LogP contribution in [0.5, 0.6) is 0 Å². The monoisotopic (exact) mass is 321 g/mol. The molecular weight excluding hydrogens is 306 g/mol. The Morgan fingerprint density at radius 2 is 2.19 bits per heavy atom. The van der Waals surface area contributed by atoms with Crippen molar-refractivity contribution in [3.63, 3.8) is 0 Å². The van der Waals surface area contributed by atoms with E-state index < -0.39 is 6.04 Å². The Hall–Kier alpha value is -1.66. The van der Waals surface area contributed by atoms with Crippen molar-refractivity contribution in [3.05, 3.63) is 44.3 Å². The number of amides is 1. The van der Waals surface area contributed by atoms with E-state index in [1.165, 1.54) is 12.0 Å². The topological polar surface area (TPSA) is 46.6 Å². The number of hydrogen-bond donors (Lipinski definition) is 0. The average molecular weight is 321 g/mol. The molecule has 2 aromatic rings. The van der Waals surface area contributed by atoms with Gasteiger partial charge in [-0.2, -0.15) is 0 Å². The van der Waals surface area contributed by atoms with Crippen molar-refractivity contribution >= 4 is 34.6 Å². The number of thiophene rings is 2. The number of methoxy groups -OCH3 is 1. The van der Waals surface area contributed by atoms with Crippen LogP contribution in [-0.2, 0) is 27.2 Å². The van der Waals surface area contributed by atoms with Crippen LogP contribution in [0.25, 0.3) is 0 Å². The molecule has 1 atom stereocenters. The predicted octanol–water partition coefficient (Wildman–Crippen LogP) is 2.65. The lowest BCUT2D eigenvalue weighted by molar-refractivity contribution is -0.153. The van der Waals surface area contributed by atoms with Gasteiger partial charge in [-0.05, 0) is 34.9 Å². The third kappa shape index (κ3) is 2.73. The number of carbonyl (C=O) groups is 2. The summed E-state index contributed by atoms with van der Waals surface area (Å²) in [5.74, 6) is -0.390. The third-order valence-corrected chi connectivity index (χ3v) is 5.49. The van der Waals surface area contributed by atoms with E-state index in [9.17, 15) is 9.59 Å². The molecule has 0 saturated carbocycles. The van der Waals surface area contributed by atoms with Crippen molar-refractivity contribution in [2.24, 2.45) is 0 Å². The lowest BCUT2D eigenvalue weighted by Gasteiger charge is -2.34. The molecule has 1 amide bonds. The van der Waals surface area contributed by atoms with Crippen molar-refractivity contribution < 1.29 is 14.3 Å². The van der Waals surface area contributed by atoms with Gasteiger partial charge in [-0.3, -0.25) is 4.79 Å². The standard InChI is InChI=1S/C15H15NO3S2/c1-19-15(18)14-11-5-8-21-12(11)4-6-16(14)13(17)9-10-3-2-7-20-10/h2-3,5,7-8,14H,4,6,9H2,1H3. The maximum absolute atomic E-state index is 12.6. The van der Waals surface area contributed by atoms with Gasteiger partial charge in [0.15, 0.2) is 6.04 Å². The van der Waals surface area contributed by atoms with Crippen molar-refractivity contribution in [1.29, 1.82) is 0 Å². The second kappa shape index (κ2) is 5.99. The minimum Gasteiger partial charge on any atom is -0.467 e. The summed E-state index contributed by atoms with van der Waals surface area (Å²) < 4.78 is 4.91. The van der Waals surface area contributed by atoms with Crippen LogP contribution >= 0.6 is 22.7 Å². The molecule has 6 heteroatoms. The second-order valence-electron chi connectivity index (χ2n) is 4.82. The van der Waals surface area contributed by atoms with Crippen molar-refractivity contribution in [2.75, 3.05) is 13.7 Å². The molecule has 0 aliphatic carbocycles. The van der Waals surface area contributed by atoms with E-state index in [1.807, 2.05) is 29.0 Å². The van der Waals surface area contributed by atoms with Gasteiger partial charge in [0.1, 0.15) is 0 Å². The van der Waals surface area contributed by atoms with Gasteiger partial charge in [0.05, 0.1) is 13.5 Å². The van der Waals surface area contributed by atoms with Gasteiger partial charge in [0.25, 0.3) is 0 Å². The first-order chi connectivity index (χ1) is 10.2. The molecule has 1 aliphatic heterocycles. The number of esters is 1. The molecule has 0 saturated heterocycles. The minimum absolute atomic E-state index is 0.0234. The SMILES string of the molecule is COC(=O)C1c2ccsc2CCN1C(=O)Cc1cccs1. The van der Waals surface area contributed by atoms with Gasteiger partial charge >= 0.3 is 5.97 Å². The summed E-state index contributed by atoms with van der Waals surface area (Å²) in [5, 5.41) is 3.92. The fraction of sp³-hybridized carbons (Fsp3) is 0.333. The maximum Gasteiger partial charge on any atom is 0.333 e. The Morgan fingerprint density at radius 3 is 2.90 bits per heavy atom. The van der Waals surface area contributed by atoms with Crippen molar-refractivity contribution in [1.82, 2.24) is 4.90 Å². The Balaban J connectivity index is 1.86. The summed E-state index contributed by atoms with van der Waals surface area (Å²) in [5.41, 5.74) is 0.914. The van der Waals surface area contributed by atoms with Gasteiger partial charge < -0.3 is 9.64 Å². The number of ether oxygens (including phenoxy) is 1. The molecule has 3 rings (SSSR count). The number of hydrogen-bond acceptors (Lipinski definition) is 5. The van der Waals surface area contributed by atoms with Crippen LogP contribution in [0.3, 0.4) is 0 Å². The molecular formula is C15H15NO3S2. The zero-order chi connectivity index (χ0) is 14.8. The number of rotatable bonds is 3. The second-order valence-corrected chi connectivity index (χ2v) is 6.85. The number of fused-ring (bicyclic) bond motifs is 1. The lowest BCUT2D eigenvalue weighted by Crippen LogP contribution is -2.44. The zero-order valence-electron chi connectivity index (χ0n) is 11.6. The molecule has 1 aliphatic rings. The first-order valence-electron chi connectivity index (χ1n) is 6.66. The molecule has 0 aromatic carbocycles. The summed E-state index contributed by atoms with van der Waals surface area (Å²) in [6.07, 6.45) is 1.14. The third-order valence-electron chi connectivity index (χ3n) is 3.62. The van der Waals surface area contributed by atoms with E-state index in [1.54, 1.807) is 27.6 Å². The maximum atomic E-state index is 12.6. The number of carbonyl (C=O) groups excluding carboxylic acids is 2. The van der Waals surface area contributed by atoms with Crippen LogP contribution in [0, 0.1) is 0 Å². The highest BCUT2D eigenvalue weighted by Gasteiger charge is 2.37. The fourth-order valence-corrected chi connectivity index (χ4v) is 4.21. The van der Waals surface area contributed by atoms with E-state index in [2.05, 4.69) is 0 Å². The lowest BCUT2D eigenvalue weighted by atomic mass is 9.99. The van der Waals surface area contributed by atoms with Gasteiger partial charge in [-0.1, -0.05) is 6.07 Å². The van der Waals surface area contributed by atoms with Gasteiger partial charge in [0, 0.05) is 16.3 Å². The van der Waals surface area contributed by atoms with Crippen LogP contribution in [0.2, 0.25) is 0 Å². The summed E-state index contributed by atoms with van der Waals surface area (Å²) in [6.45, 7) is 0.567. The highest BCUT2D eigenvalue weighted by Crippen LogP contribution is 2.34. The van der Waals surface area contributed by atoms with Gasteiger partial charge in [0.2, 0.25) is 5.91 Å². The Labute approximate surface area is 131 Å². The van der Waals surface area contributed by atoms with Crippen LogP contribution in [0.4, 0.5) is 0 Å².